The van der Waals surface area contributed by atoms with Gasteiger partial charge in [-0.1, -0.05) is 55.4 Å². The predicted octanol–water partition coefficient (Wildman–Crippen LogP) is 6.68. The third kappa shape index (κ3) is 5.62. The lowest BCUT2D eigenvalue weighted by molar-refractivity contribution is -0.374. The predicted molar refractivity (Wildman–Crippen MR) is 103 cm³/mol. The number of carbonyl (C=O) groups excluding carboxylic acids is 1. The van der Waals surface area contributed by atoms with Gasteiger partial charge in [0.15, 0.2) is 0 Å². The molecule has 2 atom stereocenters. The van der Waals surface area contributed by atoms with Crippen LogP contribution in [-0.4, -0.2) is 35.1 Å². The van der Waals surface area contributed by atoms with E-state index < -0.39 is 52.7 Å². The summed E-state index contributed by atoms with van der Waals surface area (Å²) < 4.78 is 84.5. The average Bonchev–Trinajstić information content (AvgIpc) is 2.49. The van der Waals surface area contributed by atoms with Gasteiger partial charge >= 0.3 is 18.3 Å². The number of carbonyl (C=O) groups is 1. The van der Waals surface area contributed by atoms with E-state index in [9.17, 15) is 36.2 Å². The summed E-state index contributed by atoms with van der Waals surface area (Å²) in [4.78, 5) is 13.2. The highest BCUT2D eigenvalue weighted by Crippen LogP contribution is 2.54. The van der Waals surface area contributed by atoms with Crippen LogP contribution in [0.2, 0.25) is 0 Å². The minimum absolute atomic E-state index is 0.257. The Bertz CT molecular complexity index is 573. The molecule has 0 saturated carbocycles. The van der Waals surface area contributed by atoms with E-state index in [1.165, 1.54) is 0 Å². The quantitative estimate of drug-likeness (QED) is 0.331. The third-order valence-corrected chi connectivity index (χ3v) is 6.61. The highest BCUT2D eigenvalue weighted by Gasteiger charge is 2.71. The van der Waals surface area contributed by atoms with E-state index >= 15 is 0 Å². The number of hydrogen-bond donors (Lipinski definition) is 1. The first-order chi connectivity index (χ1) is 13.0. The van der Waals surface area contributed by atoms with Gasteiger partial charge in [0.25, 0.3) is 5.60 Å². The van der Waals surface area contributed by atoms with Crippen molar-refractivity contribution in [1.29, 1.82) is 0 Å². The van der Waals surface area contributed by atoms with Crippen molar-refractivity contribution >= 4 is 5.97 Å². The fourth-order valence-corrected chi connectivity index (χ4v) is 3.64. The molecule has 30 heavy (non-hydrogen) atoms. The molecule has 2 unspecified atom stereocenters. The van der Waals surface area contributed by atoms with Gasteiger partial charge in [-0.3, -0.25) is 4.79 Å². The smallest absolute Gasteiger partial charge is 0.426 e. The lowest BCUT2D eigenvalue weighted by Gasteiger charge is -2.51. The molecule has 180 valence electrons. The first-order valence-electron chi connectivity index (χ1n) is 10.0. The fraction of sp³-hybridized carbons (Fsp3) is 0.952. The van der Waals surface area contributed by atoms with E-state index in [1.807, 2.05) is 6.92 Å². The van der Waals surface area contributed by atoms with E-state index in [2.05, 4.69) is 0 Å². The van der Waals surface area contributed by atoms with Crippen LogP contribution >= 0.6 is 0 Å². The van der Waals surface area contributed by atoms with Gasteiger partial charge in [0.1, 0.15) is 6.10 Å². The molecule has 0 heterocycles. The van der Waals surface area contributed by atoms with Crippen LogP contribution in [0.5, 0.6) is 0 Å². The Morgan fingerprint density at radius 2 is 1.30 bits per heavy atom. The molecule has 1 N–H and O–H groups in total. The van der Waals surface area contributed by atoms with Gasteiger partial charge in [-0.05, 0) is 36.5 Å². The lowest BCUT2D eigenvalue weighted by Crippen LogP contribution is -2.59. The van der Waals surface area contributed by atoms with Crippen LogP contribution in [0.4, 0.5) is 26.3 Å². The molecule has 3 nitrogen and oxygen atoms in total. The highest BCUT2D eigenvalue weighted by molar-refractivity contribution is 5.78. The Labute approximate surface area is 175 Å². The van der Waals surface area contributed by atoms with Gasteiger partial charge in [-0.2, -0.15) is 26.3 Å². The molecular weight excluding hydrogens is 414 g/mol. The molecular formula is C21H36F6O3. The number of halogens is 6. The van der Waals surface area contributed by atoms with Gasteiger partial charge < -0.3 is 9.84 Å². The third-order valence-electron chi connectivity index (χ3n) is 6.61. The summed E-state index contributed by atoms with van der Waals surface area (Å²) in [5.74, 6) is -1.24. The summed E-state index contributed by atoms with van der Waals surface area (Å²) in [5, 5.41) is 9.61. The summed E-state index contributed by atoms with van der Waals surface area (Å²) in [6.45, 7) is 15.5. The van der Waals surface area contributed by atoms with Crippen LogP contribution < -0.4 is 0 Å². The van der Waals surface area contributed by atoms with Crippen molar-refractivity contribution in [2.45, 2.75) is 106 Å². The summed E-state index contributed by atoms with van der Waals surface area (Å²) >= 11 is 0. The first-order valence-corrected chi connectivity index (χ1v) is 10.0. The zero-order valence-electron chi connectivity index (χ0n) is 19.3. The second kappa shape index (κ2) is 8.87. The Balaban J connectivity index is 6.24. The molecule has 0 aromatic carbocycles. The van der Waals surface area contributed by atoms with Crippen LogP contribution in [0.25, 0.3) is 0 Å². The Kier molecular flexibility index (Phi) is 8.57. The second-order valence-electron chi connectivity index (χ2n) is 10.3. The zero-order valence-corrected chi connectivity index (χ0v) is 19.3. The van der Waals surface area contributed by atoms with Gasteiger partial charge in [0.2, 0.25) is 0 Å². The molecule has 0 aromatic rings. The molecule has 9 heteroatoms. The highest BCUT2D eigenvalue weighted by atomic mass is 19.4. The first kappa shape index (κ1) is 29.0. The lowest BCUT2D eigenvalue weighted by atomic mass is 9.53. The number of hydrogen-bond acceptors (Lipinski definition) is 3. The van der Waals surface area contributed by atoms with Gasteiger partial charge in [0.05, 0.1) is 5.41 Å². The van der Waals surface area contributed by atoms with Gasteiger partial charge in [-0.15, -0.1) is 0 Å². The normalized spacial score (nSPS) is 17.6. The van der Waals surface area contributed by atoms with Crippen molar-refractivity contribution in [3.05, 3.63) is 0 Å². The van der Waals surface area contributed by atoms with Crippen molar-refractivity contribution in [2.75, 3.05) is 0 Å². The van der Waals surface area contributed by atoms with Crippen LogP contribution in [-0.2, 0) is 9.53 Å². The second-order valence-corrected chi connectivity index (χ2v) is 10.3. The number of rotatable bonds is 8. The van der Waals surface area contributed by atoms with Crippen LogP contribution in [0.1, 0.15) is 81.6 Å². The molecule has 0 aromatic heterocycles. The van der Waals surface area contributed by atoms with Crippen molar-refractivity contribution in [3.8, 4) is 0 Å². The van der Waals surface area contributed by atoms with Crippen LogP contribution in [0.15, 0.2) is 0 Å². The monoisotopic (exact) mass is 450 g/mol. The molecule has 0 radical (unpaired) electrons. The number of alkyl halides is 6. The standard InChI is InChI=1S/C21H36F6O3/c1-10-17(7,8)18(9,16(4,5)6)15(28)30-14(11-13(2)3)12-19(29,20(22,23)24)21(25,26)27/h13-14,29H,10-12H2,1-9H3. The molecule has 0 spiro atoms. The van der Waals surface area contributed by atoms with Crippen molar-refractivity contribution in [1.82, 2.24) is 0 Å². The SMILES string of the molecule is CCC(C)(C)C(C)(C(=O)OC(CC(C)C)CC(O)(C(F)(F)F)C(F)(F)F)C(C)(C)C. The molecule has 0 aliphatic heterocycles. The van der Waals surface area contributed by atoms with Crippen LogP contribution in [0.3, 0.4) is 0 Å². The van der Waals surface area contributed by atoms with E-state index in [0.29, 0.717) is 6.42 Å². The number of esters is 1. The molecule has 0 aliphatic rings. The summed E-state index contributed by atoms with van der Waals surface area (Å²) in [7, 11) is 0. The minimum atomic E-state index is -5.97. The molecule has 0 rings (SSSR count). The maximum absolute atomic E-state index is 13.2. The summed E-state index contributed by atoms with van der Waals surface area (Å²) in [5.41, 5.74) is -7.54. The number of ether oxygens (including phenoxy) is 1. The average molecular weight is 451 g/mol. The maximum atomic E-state index is 13.2. The van der Waals surface area contributed by atoms with Crippen LogP contribution in [0, 0.1) is 22.2 Å². The Hall–Kier alpha value is -0.990. The van der Waals surface area contributed by atoms with Crippen molar-refractivity contribution in [2.24, 2.45) is 22.2 Å². The maximum Gasteiger partial charge on any atom is 0.426 e. The molecule has 0 aliphatic carbocycles. The van der Waals surface area contributed by atoms with E-state index in [-0.39, 0.29) is 12.3 Å². The molecule has 0 fully saturated rings. The van der Waals surface area contributed by atoms with Gasteiger partial charge in [-0.25, -0.2) is 0 Å². The molecule has 0 amide bonds. The van der Waals surface area contributed by atoms with E-state index in [4.69, 9.17) is 4.74 Å². The topological polar surface area (TPSA) is 46.5 Å². The summed E-state index contributed by atoms with van der Waals surface area (Å²) in [6.07, 6.45) is -15.2. The van der Waals surface area contributed by atoms with Gasteiger partial charge in [0, 0.05) is 6.42 Å². The van der Waals surface area contributed by atoms with E-state index in [0.717, 1.165) is 0 Å². The Morgan fingerprint density at radius 3 is 1.57 bits per heavy atom. The van der Waals surface area contributed by atoms with E-state index in [1.54, 1.807) is 55.4 Å². The van der Waals surface area contributed by atoms with Crippen molar-refractivity contribution in [3.63, 3.8) is 0 Å². The zero-order chi connectivity index (χ0) is 24.6. The minimum Gasteiger partial charge on any atom is -0.462 e. The summed E-state index contributed by atoms with van der Waals surface area (Å²) in [6, 6.07) is 0. The Morgan fingerprint density at radius 1 is 0.900 bits per heavy atom. The van der Waals surface area contributed by atoms with Crippen molar-refractivity contribution < 1.29 is 41.0 Å². The molecule has 0 bridgehead atoms. The molecule has 0 saturated heterocycles. The fourth-order valence-electron chi connectivity index (χ4n) is 3.64. The largest absolute Gasteiger partial charge is 0.462 e. The number of aliphatic hydroxyl groups is 1.